The molecule has 0 unspecified atom stereocenters. The monoisotopic (exact) mass is 360 g/mol. The van der Waals surface area contributed by atoms with Crippen molar-refractivity contribution in [2.24, 2.45) is 7.05 Å². The summed E-state index contributed by atoms with van der Waals surface area (Å²) < 4.78 is 5.40. The van der Waals surface area contributed by atoms with Gasteiger partial charge in [0.15, 0.2) is 0 Å². The third-order valence-corrected chi connectivity index (χ3v) is 4.41. The van der Waals surface area contributed by atoms with E-state index in [0.29, 0.717) is 12.1 Å². The minimum absolute atomic E-state index is 0.125. The number of nitrogens with zero attached hydrogens (tertiary/aromatic N) is 5. The van der Waals surface area contributed by atoms with E-state index in [0.717, 1.165) is 23.5 Å². The van der Waals surface area contributed by atoms with Crippen molar-refractivity contribution in [3.63, 3.8) is 0 Å². The van der Waals surface area contributed by atoms with E-state index in [-0.39, 0.29) is 5.91 Å². The summed E-state index contributed by atoms with van der Waals surface area (Å²) >= 11 is 0. The van der Waals surface area contributed by atoms with Gasteiger partial charge in [-0.2, -0.15) is 10.2 Å². The van der Waals surface area contributed by atoms with Crippen molar-refractivity contribution in [3.8, 4) is 11.5 Å². The zero-order chi connectivity index (χ0) is 18.6. The SMILES string of the molecule is Cn1ncc(C(=O)NCCc2ccc(-n3cccn3)cc2)c1-n1cccc1. The van der Waals surface area contributed by atoms with Gasteiger partial charge in [0, 0.05) is 38.4 Å². The van der Waals surface area contributed by atoms with E-state index < -0.39 is 0 Å². The molecule has 0 fully saturated rings. The maximum atomic E-state index is 12.6. The van der Waals surface area contributed by atoms with Gasteiger partial charge in [-0.1, -0.05) is 12.1 Å². The largest absolute Gasteiger partial charge is 0.352 e. The summed E-state index contributed by atoms with van der Waals surface area (Å²) in [6, 6.07) is 13.9. The number of aromatic nitrogens is 5. The van der Waals surface area contributed by atoms with E-state index in [1.54, 1.807) is 17.1 Å². The van der Waals surface area contributed by atoms with E-state index in [4.69, 9.17) is 0 Å². The van der Waals surface area contributed by atoms with Crippen molar-refractivity contribution in [2.45, 2.75) is 6.42 Å². The second kappa shape index (κ2) is 7.33. The molecular weight excluding hydrogens is 340 g/mol. The summed E-state index contributed by atoms with van der Waals surface area (Å²) in [7, 11) is 1.83. The Bertz CT molecular complexity index is 1010. The lowest BCUT2D eigenvalue weighted by Crippen LogP contribution is -2.26. The number of hydrogen-bond acceptors (Lipinski definition) is 3. The van der Waals surface area contributed by atoms with Gasteiger partial charge in [-0.3, -0.25) is 9.48 Å². The van der Waals surface area contributed by atoms with Crippen LogP contribution in [0.15, 0.2) is 73.4 Å². The number of carbonyl (C=O) groups is 1. The second-order valence-corrected chi connectivity index (χ2v) is 6.22. The average molecular weight is 360 g/mol. The highest BCUT2D eigenvalue weighted by molar-refractivity contribution is 5.97. The first-order valence-corrected chi connectivity index (χ1v) is 8.75. The van der Waals surface area contributed by atoms with Gasteiger partial charge in [-0.25, -0.2) is 4.68 Å². The van der Waals surface area contributed by atoms with Crippen LogP contribution in [0.4, 0.5) is 0 Å². The molecule has 0 spiro atoms. The summed E-state index contributed by atoms with van der Waals surface area (Å²) in [6.07, 6.45) is 9.81. The van der Waals surface area contributed by atoms with E-state index in [1.165, 1.54) is 0 Å². The normalized spacial score (nSPS) is 10.9. The molecule has 3 aromatic heterocycles. The summed E-state index contributed by atoms with van der Waals surface area (Å²) in [5.41, 5.74) is 2.73. The lowest BCUT2D eigenvalue weighted by atomic mass is 10.1. The van der Waals surface area contributed by atoms with Gasteiger partial charge < -0.3 is 9.88 Å². The molecule has 0 atom stereocenters. The van der Waals surface area contributed by atoms with Crippen LogP contribution in [0.25, 0.3) is 11.5 Å². The molecule has 0 saturated carbocycles. The van der Waals surface area contributed by atoms with Crippen LogP contribution in [-0.2, 0) is 13.5 Å². The molecule has 4 aromatic rings. The molecule has 1 amide bonds. The summed E-state index contributed by atoms with van der Waals surface area (Å²) in [4.78, 5) is 12.6. The summed E-state index contributed by atoms with van der Waals surface area (Å²) in [5, 5.41) is 11.4. The molecule has 0 radical (unpaired) electrons. The molecule has 0 bridgehead atoms. The first-order valence-electron chi connectivity index (χ1n) is 8.75. The number of benzene rings is 1. The Morgan fingerprint density at radius 2 is 1.81 bits per heavy atom. The first kappa shape index (κ1) is 16.8. The second-order valence-electron chi connectivity index (χ2n) is 6.22. The Hall–Kier alpha value is -3.61. The van der Waals surface area contributed by atoms with Crippen LogP contribution in [0.2, 0.25) is 0 Å². The van der Waals surface area contributed by atoms with E-state index in [2.05, 4.69) is 27.6 Å². The van der Waals surface area contributed by atoms with Crippen LogP contribution in [-0.4, -0.2) is 36.6 Å². The van der Waals surface area contributed by atoms with Crippen LogP contribution in [0.3, 0.4) is 0 Å². The minimum Gasteiger partial charge on any atom is -0.352 e. The van der Waals surface area contributed by atoms with Crippen molar-refractivity contribution in [2.75, 3.05) is 6.54 Å². The molecule has 1 aromatic carbocycles. The lowest BCUT2D eigenvalue weighted by molar-refractivity contribution is 0.0954. The molecule has 0 aliphatic rings. The highest BCUT2D eigenvalue weighted by atomic mass is 16.1. The first-order chi connectivity index (χ1) is 13.2. The lowest BCUT2D eigenvalue weighted by Gasteiger charge is -2.09. The van der Waals surface area contributed by atoms with Crippen LogP contribution < -0.4 is 5.32 Å². The molecule has 0 saturated heterocycles. The van der Waals surface area contributed by atoms with Gasteiger partial charge in [0.05, 0.1) is 11.9 Å². The molecule has 0 aliphatic carbocycles. The number of nitrogens with one attached hydrogen (secondary N) is 1. The molecule has 3 heterocycles. The Balaban J connectivity index is 1.38. The molecular formula is C20H20N6O. The predicted octanol–water partition coefficient (Wildman–Crippen LogP) is 2.37. The van der Waals surface area contributed by atoms with Crippen molar-refractivity contribution in [1.29, 1.82) is 0 Å². The van der Waals surface area contributed by atoms with E-state index >= 15 is 0 Å². The highest BCUT2D eigenvalue weighted by Crippen LogP contribution is 2.14. The number of rotatable bonds is 6. The van der Waals surface area contributed by atoms with Gasteiger partial charge in [0.25, 0.3) is 5.91 Å². The fourth-order valence-electron chi connectivity index (χ4n) is 3.03. The third-order valence-electron chi connectivity index (χ3n) is 4.41. The molecule has 7 nitrogen and oxygen atoms in total. The molecule has 0 aliphatic heterocycles. The Morgan fingerprint density at radius 3 is 2.52 bits per heavy atom. The van der Waals surface area contributed by atoms with Crippen molar-refractivity contribution < 1.29 is 4.79 Å². The Morgan fingerprint density at radius 1 is 1.04 bits per heavy atom. The average Bonchev–Trinajstić information content (AvgIpc) is 3.44. The molecule has 7 heteroatoms. The molecule has 1 N–H and O–H groups in total. The standard InChI is InChI=1S/C20H20N6O/c1-24-20(25-12-2-3-13-25)18(15-23-24)19(27)21-11-9-16-5-7-17(8-6-16)26-14-4-10-22-26/h2-8,10,12-15H,9,11H2,1H3,(H,21,27). The summed E-state index contributed by atoms with van der Waals surface area (Å²) in [6.45, 7) is 0.556. The molecule has 4 rings (SSSR count). The van der Waals surface area contributed by atoms with Gasteiger partial charge in [0.2, 0.25) is 0 Å². The van der Waals surface area contributed by atoms with Gasteiger partial charge in [-0.05, 0) is 42.3 Å². The maximum Gasteiger partial charge on any atom is 0.256 e. The predicted molar refractivity (Wildman–Crippen MR) is 102 cm³/mol. The minimum atomic E-state index is -0.125. The van der Waals surface area contributed by atoms with E-state index in [1.807, 2.05) is 65.2 Å². The number of carbonyl (C=O) groups excluding carboxylic acids is 1. The van der Waals surface area contributed by atoms with Crippen LogP contribution >= 0.6 is 0 Å². The van der Waals surface area contributed by atoms with Gasteiger partial charge in [-0.15, -0.1) is 0 Å². The zero-order valence-electron chi connectivity index (χ0n) is 15.0. The van der Waals surface area contributed by atoms with Crippen molar-refractivity contribution in [1.82, 2.24) is 29.4 Å². The number of aryl methyl sites for hydroxylation is 1. The zero-order valence-corrected chi connectivity index (χ0v) is 15.0. The van der Waals surface area contributed by atoms with Crippen LogP contribution in [0.5, 0.6) is 0 Å². The molecule has 136 valence electrons. The van der Waals surface area contributed by atoms with Crippen LogP contribution in [0.1, 0.15) is 15.9 Å². The Kier molecular flexibility index (Phi) is 4.57. The van der Waals surface area contributed by atoms with Gasteiger partial charge >= 0.3 is 0 Å². The fraction of sp³-hybridized carbons (Fsp3) is 0.150. The van der Waals surface area contributed by atoms with Gasteiger partial charge in [0.1, 0.15) is 11.4 Å². The Labute approximate surface area is 156 Å². The fourth-order valence-corrected chi connectivity index (χ4v) is 3.03. The van der Waals surface area contributed by atoms with E-state index in [9.17, 15) is 4.79 Å². The van der Waals surface area contributed by atoms with Crippen molar-refractivity contribution in [3.05, 3.63) is 84.6 Å². The highest BCUT2D eigenvalue weighted by Gasteiger charge is 2.16. The third kappa shape index (κ3) is 3.52. The maximum absolute atomic E-state index is 12.6. The number of amides is 1. The number of hydrogen-bond donors (Lipinski definition) is 1. The van der Waals surface area contributed by atoms with Crippen LogP contribution in [0, 0.1) is 0 Å². The smallest absolute Gasteiger partial charge is 0.256 e. The van der Waals surface area contributed by atoms with Crippen molar-refractivity contribution >= 4 is 5.91 Å². The molecule has 27 heavy (non-hydrogen) atoms. The quantitative estimate of drug-likeness (QED) is 0.574. The topological polar surface area (TPSA) is 69.7 Å². The summed E-state index contributed by atoms with van der Waals surface area (Å²) in [5.74, 6) is 0.626.